The topological polar surface area (TPSA) is 47.1 Å². The Labute approximate surface area is 107 Å². The van der Waals surface area contributed by atoms with E-state index in [1.165, 1.54) is 11.1 Å². The summed E-state index contributed by atoms with van der Waals surface area (Å²) in [6.07, 6.45) is 4.84. The molecule has 1 aromatic carbocycles. The Bertz CT molecular complexity index is 532. The van der Waals surface area contributed by atoms with Gasteiger partial charge in [0.1, 0.15) is 5.82 Å². The first-order valence-electron chi connectivity index (χ1n) is 6.37. The molecule has 1 aliphatic heterocycles. The van der Waals surface area contributed by atoms with Crippen LogP contribution in [0.2, 0.25) is 0 Å². The highest BCUT2D eigenvalue weighted by Crippen LogP contribution is 2.18. The predicted molar refractivity (Wildman–Crippen MR) is 72.1 cm³/mol. The first-order chi connectivity index (χ1) is 8.81. The van der Waals surface area contributed by atoms with Crippen molar-refractivity contribution >= 4 is 5.82 Å². The van der Waals surface area contributed by atoms with Crippen LogP contribution in [0.15, 0.2) is 36.8 Å². The summed E-state index contributed by atoms with van der Waals surface area (Å²) in [6.45, 7) is 4.19. The number of imidazole rings is 1. The van der Waals surface area contributed by atoms with Crippen molar-refractivity contribution in [3.8, 4) is 0 Å². The minimum atomic E-state index is 0.596. The fourth-order valence-electron chi connectivity index (χ4n) is 2.50. The first-order valence-corrected chi connectivity index (χ1v) is 6.37. The van der Waals surface area contributed by atoms with Crippen LogP contribution in [-0.2, 0) is 19.5 Å². The van der Waals surface area contributed by atoms with Crippen LogP contribution in [0.1, 0.15) is 11.1 Å². The van der Waals surface area contributed by atoms with Gasteiger partial charge in [0.25, 0.3) is 0 Å². The van der Waals surface area contributed by atoms with Crippen LogP contribution in [0.3, 0.4) is 0 Å². The smallest absolute Gasteiger partial charge is 0.141 e. The van der Waals surface area contributed by atoms with Crippen LogP contribution >= 0.6 is 0 Å². The van der Waals surface area contributed by atoms with Gasteiger partial charge in [-0.25, -0.2) is 4.98 Å². The van der Waals surface area contributed by atoms with Crippen molar-refractivity contribution in [2.24, 2.45) is 0 Å². The van der Waals surface area contributed by atoms with Crippen molar-refractivity contribution in [3.63, 3.8) is 0 Å². The summed E-state index contributed by atoms with van der Waals surface area (Å²) < 4.78 is 2.05. The van der Waals surface area contributed by atoms with Crippen molar-refractivity contribution in [2.75, 3.05) is 18.8 Å². The predicted octanol–water partition coefficient (Wildman–Crippen LogP) is 1.52. The molecule has 0 unspecified atom stereocenters. The maximum atomic E-state index is 5.61. The molecule has 1 aliphatic rings. The summed E-state index contributed by atoms with van der Waals surface area (Å²) in [7, 11) is 0. The molecule has 0 fully saturated rings. The number of anilines is 1. The molecular weight excluding hydrogens is 224 g/mol. The molecule has 4 nitrogen and oxygen atoms in total. The average Bonchev–Trinajstić information content (AvgIpc) is 2.82. The van der Waals surface area contributed by atoms with E-state index >= 15 is 0 Å². The van der Waals surface area contributed by atoms with Crippen LogP contribution in [0.4, 0.5) is 5.82 Å². The summed E-state index contributed by atoms with van der Waals surface area (Å²) >= 11 is 0. The lowest BCUT2D eigenvalue weighted by molar-refractivity contribution is 0.244. The Kier molecular flexibility index (Phi) is 3.02. The fourth-order valence-corrected chi connectivity index (χ4v) is 2.50. The number of benzene rings is 1. The minimum Gasteiger partial charge on any atom is -0.382 e. The number of hydrogen-bond donors (Lipinski definition) is 1. The van der Waals surface area contributed by atoms with E-state index in [1.807, 2.05) is 6.20 Å². The van der Waals surface area contributed by atoms with Gasteiger partial charge < -0.3 is 10.3 Å². The Hall–Kier alpha value is -1.81. The molecule has 0 saturated carbocycles. The third kappa shape index (κ3) is 2.38. The Morgan fingerprint density at radius 2 is 2.00 bits per heavy atom. The second-order valence-electron chi connectivity index (χ2n) is 4.83. The molecule has 0 saturated heterocycles. The number of nitrogens with zero attached hydrogens (tertiary/aromatic N) is 3. The number of rotatable bonds is 3. The van der Waals surface area contributed by atoms with E-state index in [9.17, 15) is 0 Å². The number of nitrogen functional groups attached to an aromatic ring is 1. The molecule has 3 rings (SSSR count). The van der Waals surface area contributed by atoms with Gasteiger partial charge in [0.05, 0.1) is 6.33 Å². The highest BCUT2D eigenvalue weighted by Gasteiger charge is 2.14. The van der Waals surface area contributed by atoms with Gasteiger partial charge in [-0.15, -0.1) is 0 Å². The molecule has 0 atom stereocenters. The number of fused-ring (bicyclic) bond motifs is 1. The molecule has 4 heteroatoms. The van der Waals surface area contributed by atoms with E-state index in [1.54, 1.807) is 6.33 Å². The monoisotopic (exact) mass is 242 g/mol. The molecular formula is C14H18N4. The minimum absolute atomic E-state index is 0.596. The molecule has 0 radical (unpaired) electrons. The molecule has 2 aromatic rings. The van der Waals surface area contributed by atoms with E-state index in [0.717, 1.165) is 32.6 Å². The Morgan fingerprint density at radius 1 is 1.17 bits per heavy atom. The molecule has 2 N–H and O–H groups in total. The Balaban J connectivity index is 1.59. The van der Waals surface area contributed by atoms with E-state index in [0.29, 0.717) is 5.82 Å². The van der Waals surface area contributed by atoms with Gasteiger partial charge in [-0.1, -0.05) is 24.3 Å². The Morgan fingerprint density at radius 3 is 2.78 bits per heavy atom. The van der Waals surface area contributed by atoms with Crippen LogP contribution in [0.25, 0.3) is 0 Å². The average molecular weight is 242 g/mol. The summed E-state index contributed by atoms with van der Waals surface area (Å²) in [6, 6.07) is 8.72. The highest BCUT2D eigenvalue weighted by atomic mass is 15.2. The fraction of sp³-hybridized carbons (Fsp3) is 0.357. The lowest BCUT2D eigenvalue weighted by atomic mass is 10.00. The van der Waals surface area contributed by atoms with Gasteiger partial charge in [0, 0.05) is 32.4 Å². The number of hydrogen-bond acceptors (Lipinski definition) is 3. The summed E-state index contributed by atoms with van der Waals surface area (Å²) in [4.78, 5) is 6.52. The molecule has 0 amide bonds. The van der Waals surface area contributed by atoms with Crippen LogP contribution in [0, 0.1) is 0 Å². The van der Waals surface area contributed by atoms with Crippen molar-refractivity contribution in [1.29, 1.82) is 0 Å². The van der Waals surface area contributed by atoms with Crippen LogP contribution < -0.4 is 5.73 Å². The van der Waals surface area contributed by atoms with Crippen LogP contribution in [0.5, 0.6) is 0 Å². The number of nitrogens with two attached hydrogens (primary N) is 1. The van der Waals surface area contributed by atoms with Crippen LogP contribution in [-0.4, -0.2) is 27.5 Å². The zero-order valence-corrected chi connectivity index (χ0v) is 10.4. The second-order valence-corrected chi connectivity index (χ2v) is 4.83. The van der Waals surface area contributed by atoms with Crippen molar-refractivity contribution < 1.29 is 0 Å². The molecule has 1 aromatic heterocycles. The molecule has 94 valence electrons. The summed E-state index contributed by atoms with van der Waals surface area (Å²) in [5, 5.41) is 0. The highest BCUT2D eigenvalue weighted by molar-refractivity contribution is 5.29. The molecule has 0 aliphatic carbocycles. The molecule has 0 bridgehead atoms. The molecule has 0 spiro atoms. The maximum Gasteiger partial charge on any atom is 0.141 e. The lowest BCUT2D eigenvalue weighted by Crippen LogP contribution is -2.32. The van der Waals surface area contributed by atoms with Crippen molar-refractivity contribution in [1.82, 2.24) is 14.5 Å². The zero-order chi connectivity index (χ0) is 12.4. The lowest BCUT2D eigenvalue weighted by Gasteiger charge is -2.28. The number of aromatic nitrogens is 2. The van der Waals surface area contributed by atoms with Gasteiger partial charge in [-0.2, -0.15) is 0 Å². The quantitative estimate of drug-likeness (QED) is 0.887. The van der Waals surface area contributed by atoms with Crippen molar-refractivity contribution in [3.05, 3.63) is 47.9 Å². The standard InChI is InChI=1S/C14H18N4/c15-14-10-18(11-16-14)8-7-17-6-5-12-3-1-2-4-13(12)9-17/h1-4,10-11H,5-9,15H2. The van der Waals surface area contributed by atoms with Gasteiger partial charge in [0.2, 0.25) is 0 Å². The second kappa shape index (κ2) is 4.82. The maximum absolute atomic E-state index is 5.61. The SMILES string of the molecule is Nc1cn(CCN2CCc3ccccc3C2)cn1. The first kappa shape index (κ1) is 11.3. The summed E-state index contributed by atoms with van der Waals surface area (Å²) in [5.41, 5.74) is 8.57. The molecule has 18 heavy (non-hydrogen) atoms. The van der Waals surface area contributed by atoms with Gasteiger partial charge in [-0.05, 0) is 17.5 Å². The van der Waals surface area contributed by atoms with Crippen molar-refractivity contribution in [2.45, 2.75) is 19.5 Å². The van der Waals surface area contributed by atoms with E-state index in [4.69, 9.17) is 5.73 Å². The van der Waals surface area contributed by atoms with E-state index in [-0.39, 0.29) is 0 Å². The van der Waals surface area contributed by atoms with Gasteiger partial charge >= 0.3 is 0 Å². The third-order valence-electron chi connectivity index (χ3n) is 3.54. The largest absolute Gasteiger partial charge is 0.382 e. The summed E-state index contributed by atoms with van der Waals surface area (Å²) in [5.74, 6) is 0.596. The van der Waals surface area contributed by atoms with Gasteiger partial charge in [-0.3, -0.25) is 4.90 Å². The zero-order valence-electron chi connectivity index (χ0n) is 10.4. The normalized spacial score (nSPS) is 15.6. The van der Waals surface area contributed by atoms with E-state index < -0.39 is 0 Å². The van der Waals surface area contributed by atoms with E-state index in [2.05, 4.69) is 38.7 Å². The molecule has 2 heterocycles. The van der Waals surface area contributed by atoms with Gasteiger partial charge in [0.15, 0.2) is 0 Å². The third-order valence-corrected chi connectivity index (χ3v) is 3.54.